The predicted octanol–water partition coefficient (Wildman–Crippen LogP) is 4.84. The van der Waals surface area contributed by atoms with E-state index in [1.54, 1.807) is 48.5 Å². The van der Waals surface area contributed by atoms with E-state index < -0.39 is 49.5 Å². The van der Waals surface area contributed by atoms with Gasteiger partial charge in [-0.2, -0.15) is 0 Å². The molecule has 250 valence electrons. The van der Waals surface area contributed by atoms with E-state index in [4.69, 9.17) is 4.74 Å². The van der Waals surface area contributed by atoms with E-state index in [0.717, 1.165) is 17.1 Å². The lowest BCUT2D eigenvalue weighted by atomic mass is 9.92. The number of aliphatic carboxylic acids is 1. The topological polar surface area (TPSA) is 163 Å². The average molecular weight is 691 g/mol. The smallest absolute Gasteiger partial charge is 0.337 e. The summed E-state index contributed by atoms with van der Waals surface area (Å²) in [6.45, 7) is 3.67. The lowest BCUT2D eigenvalue weighted by Crippen LogP contribution is -2.52. The van der Waals surface area contributed by atoms with Crippen LogP contribution in [0.1, 0.15) is 46.5 Å². The zero-order valence-electron chi connectivity index (χ0n) is 26.7. The van der Waals surface area contributed by atoms with Gasteiger partial charge in [-0.3, -0.25) is 14.2 Å². The Morgan fingerprint density at radius 1 is 0.917 bits per heavy atom. The zero-order chi connectivity index (χ0) is 34.8. The molecular formula is C35H37N3O8PS+. The van der Waals surface area contributed by atoms with Gasteiger partial charge in [0.1, 0.15) is 6.04 Å². The SMILES string of the molecule is COC(=O)c1ccc(C(=O)N[n+]2c(SCC(O)(P=O)C(Cc3ccccc3)C(=O)N[C@@H](CC(C)C)C(=O)O)ccc3ccccc32)cc1. The van der Waals surface area contributed by atoms with E-state index in [1.165, 1.54) is 36.1 Å². The van der Waals surface area contributed by atoms with Crippen molar-refractivity contribution < 1.29 is 43.4 Å². The maximum absolute atomic E-state index is 13.7. The molecule has 4 N–H and O–H groups in total. The van der Waals surface area contributed by atoms with Gasteiger partial charge in [-0.1, -0.05) is 72.8 Å². The summed E-state index contributed by atoms with van der Waals surface area (Å²) in [5.74, 6) is -4.56. The number of carbonyl (C=O) groups excluding carboxylic acids is 3. The number of carboxylic acid groups (broad SMARTS) is 1. The largest absolute Gasteiger partial charge is 0.480 e. The van der Waals surface area contributed by atoms with Gasteiger partial charge in [0.2, 0.25) is 11.4 Å². The molecule has 0 fully saturated rings. The molecule has 0 radical (unpaired) electrons. The Labute approximate surface area is 283 Å². The molecule has 0 aliphatic heterocycles. The summed E-state index contributed by atoms with van der Waals surface area (Å²) in [7, 11) is 0.526. The first-order valence-electron chi connectivity index (χ1n) is 15.2. The summed E-state index contributed by atoms with van der Waals surface area (Å²) in [5, 5.41) is 23.3. The summed E-state index contributed by atoms with van der Waals surface area (Å²) in [4.78, 5) is 50.9. The summed E-state index contributed by atoms with van der Waals surface area (Å²) in [5.41, 5.74) is 4.73. The average Bonchev–Trinajstić information content (AvgIpc) is 3.09. The molecule has 3 aromatic carbocycles. The predicted molar refractivity (Wildman–Crippen MR) is 182 cm³/mol. The Bertz CT molecular complexity index is 1790. The summed E-state index contributed by atoms with van der Waals surface area (Å²) in [6.07, 6.45) is 0.159. The number of carbonyl (C=O) groups is 4. The highest BCUT2D eigenvalue weighted by Crippen LogP contribution is 2.37. The Balaban J connectivity index is 1.66. The van der Waals surface area contributed by atoms with Crippen LogP contribution in [0.25, 0.3) is 10.9 Å². The number of aromatic nitrogens is 1. The number of aliphatic hydroxyl groups is 1. The molecule has 0 spiro atoms. The molecular weight excluding hydrogens is 653 g/mol. The second-order valence-corrected chi connectivity index (χ2v) is 13.6. The number of amides is 2. The third-order valence-corrected chi connectivity index (χ3v) is 9.85. The van der Waals surface area contributed by atoms with Crippen LogP contribution in [-0.4, -0.2) is 58.2 Å². The maximum atomic E-state index is 13.7. The number of carboxylic acids is 1. The van der Waals surface area contributed by atoms with Crippen molar-refractivity contribution in [2.45, 2.75) is 43.1 Å². The van der Waals surface area contributed by atoms with Gasteiger partial charge in [-0.25, -0.2) is 9.59 Å². The highest BCUT2D eigenvalue weighted by Gasteiger charge is 2.44. The number of fused-ring (bicyclic) bond motifs is 1. The quantitative estimate of drug-likeness (QED) is 0.0592. The fraction of sp³-hybridized carbons (Fsp3) is 0.286. The lowest BCUT2D eigenvalue weighted by Gasteiger charge is -2.30. The van der Waals surface area contributed by atoms with Gasteiger partial charge < -0.3 is 20.3 Å². The number of methoxy groups -OCH3 is 1. The number of pyridine rings is 1. The Morgan fingerprint density at radius 2 is 1.56 bits per heavy atom. The minimum Gasteiger partial charge on any atom is -0.480 e. The Morgan fingerprint density at radius 3 is 2.19 bits per heavy atom. The van der Waals surface area contributed by atoms with Crippen LogP contribution in [-0.2, 0) is 25.3 Å². The van der Waals surface area contributed by atoms with Crippen LogP contribution in [0.2, 0.25) is 0 Å². The molecule has 2 unspecified atom stereocenters. The third-order valence-electron chi connectivity index (χ3n) is 7.65. The number of benzene rings is 3. The Kier molecular flexibility index (Phi) is 12.4. The van der Waals surface area contributed by atoms with Crippen molar-refractivity contribution in [2.75, 3.05) is 18.3 Å². The molecule has 1 aromatic heterocycles. The van der Waals surface area contributed by atoms with Gasteiger partial charge in [0, 0.05) is 28.8 Å². The fourth-order valence-electron chi connectivity index (χ4n) is 5.11. The van der Waals surface area contributed by atoms with Crippen molar-refractivity contribution >= 4 is 54.9 Å². The normalized spacial score (nSPS) is 13.8. The molecule has 48 heavy (non-hydrogen) atoms. The number of esters is 1. The number of para-hydroxylation sites is 1. The monoisotopic (exact) mass is 690 g/mol. The van der Waals surface area contributed by atoms with E-state index in [0.29, 0.717) is 16.1 Å². The summed E-state index contributed by atoms with van der Waals surface area (Å²) in [6, 6.07) is 24.5. The number of ether oxygens (including phenoxy) is 1. The molecule has 2 amide bonds. The summed E-state index contributed by atoms with van der Waals surface area (Å²) >= 11 is 1.07. The first-order chi connectivity index (χ1) is 22.9. The van der Waals surface area contributed by atoms with Crippen molar-refractivity contribution in [1.29, 1.82) is 0 Å². The number of rotatable bonds is 15. The van der Waals surface area contributed by atoms with Gasteiger partial charge in [-0.05, 0) is 60.7 Å². The van der Waals surface area contributed by atoms with Gasteiger partial charge >= 0.3 is 17.8 Å². The molecule has 0 aliphatic carbocycles. The first kappa shape index (κ1) is 36.2. The van der Waals surface area contributed by atoms with Crippen molar-refractivity contribution in [1.82, 2.24) is 5.32 Å². The second-order valence-electron chi connectivity index (χ2n) is 11.6. The van der Waals surface area contributed by atoms with Crippen LogP contribution in [0.3, 0.4) is 0 Å². The van der Waals surface area contributed by atoms with Gasteiger partial charge in [0.15, 0.2) is 13.8 Å². The fourth-order valence-corrected chi connectivity index (χ4v) is 6.85. The zero-order valence-corrected chi connectivity index (χ0v) is 28.4. The molecule has 3 atom stereocenters. The second kappa shape index (κ2) is 16.5. The van der Waals surface area contributed by atoms with Crippen molar-refractivity contribution in [2.24, 2.45) is 11.8 Å². The number of hydrogen-bond acceptors (Lipinski definition) is 8. The van der Waals surface area contributed by atoms with Gasteiger partial charge in [0.25, 0.3) is 5.03 Å². The molecule has 0 bridgehead atoms. The molecule has 4 rings (SSSR count). The highest BCUT2D eigenvalue weighted by atomic mass is 32.2. The van der Waals surface area contributed by atoms with E-state index in [-0.39, 0.29) is 35.6 Å². The van der Waals surface area contributed by atoms with Crippen molar-refractivity contribution in [3.8, 4) is 0 Å². The number of nitrogens with one attached hydrogen (secondary N) is 2. The van der Waals surface area contributed by atoms with Crippen LogP contribution in [0.4, 0.5) is 0 Å². The number of hydrogen-bond donors (Lipinski definition) is 4. The van der Waals surface area contributed by atoms with Crippen molar-refractivity contribution in [3.63, 3.8) is 0 Å². The standard InChI is InChI=1S/C35H36N3O8PS/c1-22(2)19-28(33(41)42)36-32(40)27(20-23-9-5-4-6-10-23)35(44,47-45)21-48-30-18-17-24-11-7-8-12-29(24)38(30)37-31(39)25-13-15-26(16-14-25)34(43)46-3/h4-18,22,27-28,44H,19-21H2,1-3H3,(H2-,36,37,39,40,41,42)/p+1/t27?,28-,35?/m0/s1. The minimum absolute atomic E-state index is 0.0109. The Hall–Kier alpha value is -4.64. The maximum Gasteiger partial charge on any atom is 0.337 e. The van der Waals surface area contributed by atoms with Crippen LogP contribution in [0.5, 0.6) is 0 Å². The molecule has 0 saturated heterocycles. The van der Waals surface area contributed by atoms with E-state index in [1.807, 2.05) is 32.0 Å². The molecule has 4 aromatic rings. The van der Waals surface area contributed by atoms with Crippen LogP contribution in [0, 0.1) is 11.8 Å². The van der Waals surface area contributed by atoms with Gasteiger partial charge in [-0.15, -0.1) is 5.43 Å². The number of nitrogens with zero attached hydrogens (tertiary/aromatic N) is 1. The van der Waals surface area contributed by atoms with Gasteiger partial charge in [0.05, 0.1) is 18.6 Å². The van der Waals surface area contributed by atoms with E-state index in [9.17, 15) is 34.0 Å². The molecule has 1 heterocycles. The number of thioether (sulfide) groups is 1. The lowest BCUT2D eigenvalue weighted by molar-refractivity contribution is -0.653. The highest BCUT2D eigenvalue weighted by molar-refractivity contribution is 7.99. The molecule has 11 nitrogen and oxygen atoms in total. The molecule has 13 heteroatoms. The van der Waals surface area contributed by atoms with Crippen LogP contribution < -0.4 is 15.4 Å². The first-order valence-corrected chi connectivity index (χ1v) is 17.0. The summed E-state index contributed by atoms with van der Waals surface area (Å²) < 4.78 is 19.0. The third kappa shape index (κ3) is 9.03. The molecule has 0 saturated carbocycles. The van der Waals surface area contributed by atoms with E-state index >= 15 is 0 Å². The molecule has 0 aliphatic rings. The van der Waals surface area contributed by atoms with Crippen LogP contribution >= 0.6 is 20.2 Å². The van der Waals surface area contributed by atoms with E-state index in [2.05, 4.69) is 10.7 Å². The van der Waals surface area contributed by atoms with Crippen LogP contribution in [0.15, 0.2) is 96.0 Å². The minimum atomic E-state index is -2.14. The van der Waals surface area contributed by atoms with Crippen molar-refractivity contribution in [3.05, 3.63) is 108 Å².